The summed E-state index contributed by atoms with van der Waals surface area (Å²) in [6.07, 6.45) is 1.51. The molecule has 6 nitrogen and oxygen atoms in total. The molecule has 2 fully saturated rings. The first-order chi connectivity index (χ1) is 12.3. The monoisotopic (exact) mass is 358 g/mol. The molecule has 2 amide bonds. The maximum absolute atomic E-state index is 12.9. The fourth-order valence-corrected chi connectivity index (χ4v) is 3.88. The summed E-state index contributed by atoms with van der Waals surface area (Å²) in [6.45, 7) is 7.68. The minimum absolute atomic E-state index is 0.0197. The van der Waals surface area contributed by atoms with E-state index >= 15 is 0 Å². The second kappa shape index (κ2) is 7.09. The zero-order valence-corrected chi connectivity index (χ0v) is 15.5. The molecule has 0 spiro atoms. The van der Waals surface area contributed by atoms with Gasteiger partial charge in [0.2, 0.25) is 5.91 Å². The molecular formula is C20H26N2O4. The molecule has 1 heterocycles. The van der Waals surface area contributed by atoms with Crippen LogP contribution in [0.25, 0.3) is 0 Å². The van der Waals surface area contributed by atoms with Gasteiger partial charge in [0, 0.05) is 24.3 Å². The van der Waals surface area contributed by atoms with Gasteiger partial charge in [-0.25, -0.2) is 0 Å². The molecule has 1 aromatic carbocycles. The van der Waals surface area contributed by atoms with E-state index < -0.39 is 17.8 Å². The van der Waals surface area contributed by atoms with Crippen molar-refractivity contribution in [1.82, 2.24) is 4.90 Å². The van der Waals surface area contributed by atoms with Crippen LogP contribution in [0.15, 0.2) is 18.2 Å². The minimum atomic E-state index is -0.931. The SMILES string of the molecule is Cc1ccc(C(=O)N2CC(C)CC(C)C2)cc1NC(=O)C1CC1C(=O)O. The molecule has 0 radical (unpaired) electrons. The quantitative estimate of drug-likeness (QED) is 0.866. The number of nitrogens with one attached hydrogen (secondary N) is 1. The molecule has 3 rings (SSSR count). The van der Waals surface area contributed by atoms with Crippen LogP contribution in [0.1, 0.15) is 42.6 Å². The number of carboxylic acids is 1. The number of aliphatic carboxylic acids is 1. The first-order valence-electron chi connectivity index (χ1n) is 9.19. The second-order valence-electron chi connectivity index (χ2n) is 7.96. The number of hydrogen-bond donors (Lipinski definition) is 2. The molecule has 1 aromatic rings. The number of likely N-dealkylation sites (tertiary alicyclic amines) is 1. The van der Waals surface area contributed by atoms with Crippen LogP contribution in [-0.2, 0) is 9.59 Å². The van der Waals surface area contributed by atoms with Crippen LogP contribution in [0.5, 0.6) is 0 Å². The summed E-state index contributed by atoms with van der Waals surface area (Å²) in [6, 6.07) is 5.31. The van der Waals surface area contributed by atoms with E-state index in [0.29, 0.717) is 29.5 Å². The smallest absolute Gasteiger partial charge is 0.307 e. The third-order valence-corrected chi connectivity index (χ3v) is 5.34. The zero-order chi connectivity index (χ0) is 19.0. The normalized spacial score (nSPS) is 27.7. The van der Waals surface area contributed by atoms with Gasteiger partial charge in [-0.1, -0.05) is 19.9 Å². The third kappa shape index (κ3) is 3.89. The van der Waals surface area contributed by atoms with E-state index in [1.54, 1.807) is 12.1 Å². The third-order valence-electron chi connectivity index (χ3n) is 5.34. The summed E-state index contributed by atoms with van der Waals surface area (Å²) in [7, 11) is 0. The lowest BCUT2D eigenvalue weighted by Gasteiger charge is -2.35. The lowest BCUT2D eigenvalue weighted by Crippen LogP contribution is -2.42. The van der Waals surface area contributed by atoms with Crippen molar-refractivity contribution in [3.05, 3.63) is 29.3 Å². The number of carbonyl (C=O) groups excluding carboxylic acids is 2. The van der Waals surface area contributed by atoms with E-state index in [1.165, 1.54) is 0 Å². The van der Waals surface area contributed by atoms with Gasteiger partial charge >= 0.3 is 5.97 Å². The molecule has 1 saturated carbocycles. The number of aryl methyl sites for hydroxylation is 1. The number of amides is 2. The van der Waals surface area contributed by atoms with Gasteiger partial charge < -0.3 is 15.3 Å². The first-order valence-corrected chi connectivity index (χ1v) is 9.19. The molecule has 4 unspecified atom stereocenters. The molecule has 1 aliphatic heterocycles. The highest BCUT2D eigenvalue weighted by atomic mass is 16.4. The predicted octanol–water partition coefficient (Wildman–Crippen LogP) is 2.77. The molecule has 26 heavy (non-hydrogen) atoms. The van der Waals surface area contributed by atoms with Crippen molar-refractivity contribution in [2.75, 3.05) is 18.4 Å². The van der Waals surface area contributed by atoms with Crippen LogP contribution < -0.4 is 5.32 Å². The molecule has 2 aliphatic rings. The van der Waals surface area contributed by atoms with E-state index in [1.807, 2.05) is 17.9 Å². The van der Waals surface area contributed by atoms with Gasteiger partial charge in [0.15, 0.2) is 0 Å². The van der Waals surface area contributed by atoms with Crippen molar-refractivity contribution in [1.29, 1.82) is 0 Å². The number of nitrogens with zero attached hydrogens (tertiary/aromatic N) is 1. The summed E-state index contributed by atoms with van der Waals surface area (Å²) in [5.74, 6) is -1.34. The highest BCUT2D eigenvalue weighted by molar-refractivity contribution is 6.00. The average molecular weight is 358 g/mol. The maximum Gasteiger partial charge on any atom is 0.307 e. The Kier molecular flexibility index (Phi) is 5.03. The predicted molar refractivity (Wildman–Crippen MR) is 97.9 cm³/mol. The molecule has 140 valence electrons. The fraction of sp³-hybridized carbons (Fsp3) is 0.550. The van der Waals surface area contributed by atoms with Crippen LogP contribution >= 0.6 is 0 Å². The lowest BCUT2D eigenvalue weighted by molar-refractivity contribution is -0.139. The van der Waals surface area contributed by atoms with Crippen LogP contribution in [0, 0.1) is 30.6 Å². The summed E-state index contributed by atoms with van der Waals surface area (Å²) < 4.78 is 0. The minimum Gasteiger partial charge on any atom is -0.481 e. The number of hydrogen-bond acceptors (Lipinski definition) is 3. The van der Waals surface area contributed by atoms with Gasteiger partial charge in [0.1, 0.15) is 0 Å². The Morgan fingerprint density at radius 3 is 2.31 bits per heavy atom. The van der Waals surface area contributed by atoms with Crippen molar-refractivity contribution in [2.24, 2.45) is 23.7 Å². The Hall–Kier alpha value is -2.37. The van der Waals surface area contributed by atoms with E-state index in [0.717, 1.165) is 25.1 Å². The second-order valence-corrected chi connectivity index (χ2v) is 7.96. The Morgan fingerprint density at radius 1 is 1.08 bits per heavy atom. The molecule has 6 heteroatoms. The molecule has 2 N–H and O–H groups in total. The Morgan fingerprint density at radius 2 is 1.73 bits per heavy atom. The number of carboxylic acid groups (broad SMARTS) is 1. The largest absolute Gasteiger partial charge is 0.481 e. The van der Waals surface area contributed by atoms with Gasteiger partial charge in [0.25, 0.3) is 5.91 Å². The highest BCUT2D eigenvalue weighted by Crippen LogP contribution is 2.39. The summed E-state index contributed by atoms with van der Waals surface area (Å²) in [5.41, 5.74) is 1.98. The summed E-state index contributed by atoms with van der Waals surface area (Å²) in [4.78, 5) is 37.9. The van der Waals surface area contributed by atoms with Crippen molar-refractivity contribution >= 4 is 23.5 Å². The van der Waals surface area contributed by atoms with Gasteiger partial charge in [-0.3, -0.25) is 14.4 Å². The summed E-state index contributed by atoms with van der Waals surface area (Å²) >= 11 is 0. The molecule has 4 atom stereocenters. The zero-order valence-electron chi connectivity index (χ0n) is 15.5. The van der Waals surface area contributed by atoms with Crippen molar-refractivity contribution in [3.63, 3.8) is 0 Å². The van der Waals surface area contributed by atoms with E-state index in [4.69, 9.17) is 5.11 Å². The lowest BCUT2D eigenvalue weighted by atomic mass is 9.91. The van der Waals surface area contributed by atoms with Gasteiger partial charge in [-0.2, -0.15) is 0 Å². The number of rotatable bonds is 4. The van der Waals surface area contributed by atoms with Gasteiger partial charge in [0.05, 0.1) is 11.8 Å². The highest BCUT2D eigenvalue weighted by Gasteiger charge is 2.48. The number of benzene rings is 1. The Bertz CT molecular complexity index is 735. The number of anilines is 1. The first kappa shape index (κ1) is 18.4. The standard InChI is InChI=1S/C20H26N2O4/c1-11-6-12(2)10-22(9-11)19(24)14-5-4-13(3)17(7-14)21-18(23)15-8-16(15)20(25)26/h4-5,7,11-12,15-16H,6,8-10H2,1-3H3,(H,21,23)(H,25,26). The van der Waals surface area contributed by atoms with Crippen molar-refractivity contribution < 1.29 is 19.5 Å². The average Bonchev–Trinajstić information content (AvgIpc) is 3.36. The Balaban J connectivity index is 1.72. The van der Waals surface area contributed by atoms with Crippen molar-refractivity contribution in [2.45, 2.75) is 33.6 Å². The van der Waals surface area contributed by atoms with Gasteiger partial charge in [-0.05, 0) is 49.3 Å². The maximum atomic E-state index is 12.9. The van der Waals surface area contributed by atoms with Crippen molar-refractivity contribution in [3.8, 4) is 0 Å². The van der Waals surface area contributed by atoms with Crippen LogP contribution in [-0.4, -0.2) is 40.9 Å². The van der Waals surface area contributed by atoms with E-state index in [2.05, 4.69) is 19.2 Å². The Labute approximate surface area is 153 Å². The number of piperidine rings is 1. The molecule has 0 bridgehead atoms. The fourth-order valence-electron chi connectivity index (χ4n) is 3.88. The molecule has 1 aliphatic carbocycles. The van der Waals surface area contributed by atoms with Gasteiger partial charge in [-0.15, -0.1) is 0 Å². The topological polar surface area (TPSA) is 86.7 Å². The molecule has 1 saturated heterocycles. The molecular weight excluding hydrogens is 332 g/mol. The van der Waals surface area contributed by atoms with E-state index in [9.17, 15) is 14.4 Å². The summed E-state index contributed by atoms with van der Waals surface area (Å²) in [5, 5.41) is 11.8. The van der Waals surface area contributed by atoms with E-state index in [-0.39, 0.29) is 11.8 Å². The van der Waals surface area contributed by atoms with Crippen LogP contribution in [0.2, 0.25) is 0 Å². The number of carbonyl (C=O) groups is 3. The molecule has 0 aromatic heterocycles. The van der Waals surface area contributed by atoms with Crippen LogP contribution in [0.4, 0.5) is 5.69 Å². The van der Waals surface area contributed by atoms with Crippen LogP contribution in [0.3, 0.4) is 0 Å².